The van der Waals surface area contributed by atoms with E-state index in [1.165, 1.54) is 11.6 Å². The highest BCUT2D eigenvalue weighted by Crippen LogP contribution is 1.96. The molecule has 0 atom stereocenters. The first-order chi connectivity index (χ1) is 7.47. The van der Waals surface area contributed by atoms with Crippen molar-refractivity contribution >= 4 is 23.4 Å². The summed E-state index contributed by atoms with van der Waals surface area (Å²) in [6.07, 6.45) is 3.44. The molecule has 0 aromatic heterocycles. The minimum Gasteiger partial charge on any atom is -0.481 e. The fraction of sp³-hybridized carbons (Fsp3) is 0.273. The van der Waals surface area contributed by atoms with E-state index in [-0.39, 0.29) is 18.7 Å². The standard InChI is InChI=1S/C8H12N2O2.C3H5Cl/c1-3-6(2)10-7(9)4-5-8(11)12;1-2-3-4/h3H,1-2,4-5H2,(H2,9,10)(H,11,12);2-3H,1H3/b;3-2+. The number of aliphatic carboxylic acids is 1. The van der Waals surface area contributed by atoms with Crippen molar-refractivity contribution in [1.82, 2.24) is 0 Å². The van der Waals surface area contributed by atoms with Crippen molar-refractivity contribution in [3.05, 3.63) is 36.5 Å². The van der Waals surface area contributed by atoms with E-state index in [0.717, 1.165) is 0 Å². The zero-order chi connectivity index (χ0) is 13.0. The number of nitrogens with two attached hydrogens (primary N) is 1. The molecule has 0 aliphatic rings. The maximum Gasteiger partial charge on any atom is 0.303 e. The molecule has 0 radical (unpaired) electrons. The number of carboxylic acids is 1. The van der Waals surface area contributed by atoms with Crippen molar-refractivity contribution in [3.8, 4) is 0 Å². The number of halogens is 1. The first kappa shape index (κ1) is 16.9. The smallest absolute Gasteiger partial charge is 0.303 e. The van der Waals surface area contributed by atoms with Crippen molar-refractivity contribution in [3.63, 3.8) is 0 Å². The Morgan fingerprint density at radius 3 is 2.38 bits per heavy atom. The van der Waals surface area contributed by atoms with Crippen LogP contribution in [0.1, 0.15) is 19.8 Å². The molecule has 0 amide bonds. The Kier molecular flexibility index (Phi) is 12.1. The molecule has 0 bridgehead atoms. The number of aliphatic imine (C=N–C) groups is 1. The van der Waals surface area contributed by atoms with Gasteiger partial charge >= 0.3 is 5.97 Å². The van der Waals surface area contributed by atoms with Crippen molar-refractivity contribution in [2.75, 3.05) is 0 Å². The lowest BCUT2D eigenvalue weighted by Gasteiger charge is -1.96. The molecule has 0 heterocycles. The van der Waals surface area contributed by atoms with Crippen molar-refractivity contribution in [2.24, 2.45) is 10.7 Å². The number of carbonyl (C=O) groups is 1. The first-order valence-electron chi connectivity index (χ1n) is 4.55. The van der Waals surface area contributed by atoms with Crippen LogP contribution in [0.5, 0.6) is 0 Å². The van der Waals surface area contributed by atoms with Crippen LogP contribution < -0.4 is 5.73 Å². The Morgan fingerprint density at radius 1 is 1.56 bits per heavy atom. The zero-order valence-electron chi connectivity index (χ0n) is 9.32. The summed E-state index contributed by atoms with van der Waals surface area (Å²) in [7, 11) is 0. The van der Waals surface area contributed by atoms with Crippen LogP contribution in [0.2, 0.25) is 0 Å². The first-order valence-corrected chi connectivity index (χ1v) is 4.99. The molecular weight excluding hydrogens is 228 g/mol. The van der Waals surface area contributed by atoms with E-state index in [2.05, 4.69) is 18.2 Å². The normalized spacial score (nSPS) is 10.5. The summed E-state index contributed by atoms with van der Waals surface area (Å²) in [6, 6.07) is 0. The number of hydrogen-bond acceptors (Lipinski definition) is 2. The van der Waals surface area contributed by atoms with Gasteiger partial charge in [-0.1, -0.05) is 30.8 Å². The maximum atomic E-state index is 10.1. The fourth-order valence-electron chi connectivity index (χ4n) is 0.521. The van der Waals surface area contributed by atoms with Gasteiger partial charge in [-0.15, -0.1) is 0 Å². The van der Waals surface area contributed by atoms with Crippen LogP contribution >= 0.6 is 11.6 Å². The fourth-order valence-corrected chi connectivity index (χ4v) is 0.521. The summed E-state index contributed by atoms with van der Waals surface area (Å²) in [5.74, 6) is -0.625. The average molecular weight is 245 g/mol. The molecule has 0 aliphatic carbocycles. The lowest BCUT2D eigenvalue weighted by Crippen LogP contribution is -2.13. The largest absolute Gasteiger partial charge is 0.481 e. The quantitative estimate of drug-likeness (QED) is 0.444. The van der Waals surface area contributed by atoms with Crippen LogP contribution in [0.15, 0.2) is 41.5 Å². The van der Waals surface area contributed by atoms with E-state index in [1.54, 1.807) is 6.08 Å². The van der Waals surface area contributed by atoms with E-state index in [1.807, 2.05) is 6.92 Å². The summed E-state index contributed by atoms with van der Waals surface area (Å²) in [5, 5.41) is 8.30. The average Bonchev–Trinajstić information content (AvgIpc) is 2.26. The van der Waals surface area contributed by atoms with Crippen LogP contribution in [0.25, 0.3) is 0 Å². The molecule has 4 nitrogen and oxygen atoms in total. The van der Waals surface area contributed by atoms with Crippen molar-refractivity contribution in [2.45, 2.75) is 19.8 Å². The minimum atomic E-state index is -0.891. The van der Waals surface area contributed by atoms with Gasteiger partial charge in [0.25, 0.3) is 0 Å². The highest BCUT2D eigenvalue weighted by atomic mass is 35.5. The predicted octanol–water partition coefficient (Wildman–Crippen LogP) is 2.67. The van der Waals surface area contributed by atoms with Gasteiger partial charge in [0, 0.05) is 6.42 Å². The van der Waals surface area contributed by atoms with E-state index < -0.39 is 5.97 Å². The lowest BCUT2D eigenvalue weighted by atomic mass is 10.3. The summed E-state index contributed by atoms with van der Waals surface area (Å²) in [4.78, 5) is 13.9. The third-order valence-electron chi connectivity index (χ3n) is 1.24. The second-order valence-corrected chi connectivity index (χ2v) is 2.90. The van der Waals surface area contributed by atoms with Crippen LogP contribution in [0, 0.1) is 0 Å². The van der Waals surface area contributed by atoms with Gasteiger partial charge in [-0.2, -0.15) is 0 Å². The molecule has 0 aromatic rings. The third-order valence-corrected chi connectivity index (χ3v) is 1.50. The van der Waals surface area contributed by atoms with E-state index in [4.69, 9.17) is 22.4 Å². The molecule has 0 spiro atoms. The molecule has 0 rings (SSSR count). The second kappa shape index (κ2) is 11.5. The van der Waals surface area contributed by atoms with E-state index in [0.29, 0.717) is 5.70 Å². The summed E-state index contributed by atoms with van der Waals surface area (Å²) < 4.78 is 0. The Hall–Kier alpha value is -1.55. The van der Waals surface area contributed by atoms with Crippen LogP contribution in [0.4, 0.5) is 0 Å². The predicted molar refractivity (Wildman–Crippen MR) is 68.5 cm³/mol. The van der Waals surface area contributed by atoms with Gasteiger partial charge < -0.3 is 10.8 Å². The summed E-state index contributed by atoms with van der Waals surface area (Å²) in [6.45, 7) is 8.81. The number of hydrogen-bond donors (Lipinski definition) is 2. The lowest BCUT2D eigenvalue weighted by molar-refractivity contribution is -0.136. The van der Waals surface area contributed by atoms with E-state index >= 15 is 0 Å². The Morgan fingerprint density at radius 2 is 2.06 bits per heavy atom. The molecule has 16 heavy (non-hydrogen) atoms. The second-order valence-electron chi connectivity index (χ2n) is 2.65. The highest BCUT2D eigenvalue weighted by Gasteiger charge is 1.98. The van der Waals surface area contributed by atoms with Crippen LogP contribution in [-0.4, -0.2) is 16.9 Å². The molecule has 5 heteroatoms. The molecule has 90 valence electrons. The van der Waals surface area contributed by atoms with Crippen LogP contribution in [0.3, 0.4) is 0 Å². The summed E-state index contributed by atoms with van der Waals surface area (Å²) in [5.41, 5.74) is 7.29. The van der Waals surface area contributed by atoms with E-state index in [9.17, 15) is 4.79 Å². The van der Waals surface area contributed by atoms with Gasteiger partial charge in [0.05, 0.1) is 12.1 Å². The molecule has 0 fully saturated rings. The van der Waals surface area contributed by atoms with Gasteiger partial charge in [-0.05, 0) is 18.5 Å². The number of carboxylic acid groups (broad SMARTS) is 1. The molecule has 0 aliphatic heterocycles. The summed E-state index contributed by atoms with van der Waals surface area (Å²) >= 11 is 5.01. The number of allylic oxidation sites excluding steroid dienone is 2. The molecule has 0 aromatic carbocycles. The third kappa shape index (κ3) is 14.9. The maximum absolute atomic E-state index is 10.1. The number of amidine groups is 1. The van der Waals surface area contributed by atoms with Crippen molar-refractivity contribution < 1.29 is 9.90 Å². The highest BCUT2D eigenvalue weighted by molar-refractivity contribution is 6.25. The minimum absolute atomic E-state index is 0.0141. The Bertz CT molecular complexity index is 292. The molecule has 3 N–H and O–H groups in total. The monoisotopic (exact) mass is 244 g/mol. The SMILES string of the molecule is C/C=C/Cl.C=CC(=C)N=C(N)CCC(=O)O. The van der Waals surface area contributed by atoms with Gasteiger partial charge in [-0.25, -0.2) is 4.99 Å². The molecule has 0 saturated carbocycles. The molecule has 0 saturated heterocycles. The van der Waals surface area contributed by atoms with Crippen LogP contribution in [-0.2, 0) is 4.79 Å². The molecule has 0 unspecified atom stereocenters. The van der Waals surface area contributed by atoms with Gasteiger partial charge in [0.1, 0.15) is 5.84 Å². The van der Waals surface area contributed by atoms with Gasteiger partial charge in [0.2, 0.25) is 0 Å². The number of rotatable bonds is 5. The van der Waals surface area contributed by atoms with Crippen molar-refractivity contribution in [1.29, 1.82) is 0 Å². The van der Waals surface area contributed by atoms with Gasteiger partial charge in [0.15, 0.2) is 0 Å². The Labute approximate surface area is 101 Å². The molecular formula is C11H17ClN2O2. The zero-order valence-corrected chi connectivity index (χ0v) is 10.1. The number of nitrogens with zero attached hydrogens (tertiary/aromatic N) is 1. The topological polar surface area (TPSA) is 75.7 Å². The Balaban J connectivity index is 0. The van der Waals surface area contributed by atoms with Gasteiger partial charge in [-0.3, -0.25) is 4.79 Å².